The van der Waals surface area contributed by atoms with Gasteiger partial charge in [0.25, 0.3) is 0 Å². The topological polar surface area (TPSA) is 34.1 Å². The molecule has 0 aromatic carbocycles. The number of pyridine rings is 1. The maximum atomic E-state index is 12.6. The Kier molecular flexibility index (Phi) is 2.92. The molecule has 1 saturated heterocycles. The number of fused-ring (bicyclic) bond motifs is 1. The average Bonchev–Trinajstić information content (AvgIpc) is 3.11. The zero-order valence-corrected chi connectivity index (χ0v) is 10.3. The van der Waals surface area contributed by atoms with Crippen LogP contribution in [0.5, 0.6) is 5.88 Å². The van der Waals surface area contributed by atoms with Crippen molar-refractivity contribution in [3.63, 3.8) is 0 Å². The summed E-state index contributed by atoms with van der Waals surface area (Å²) in [7, 11) is 0. The molecule has 3 nitrogen and oxygen atoms in total. The predicted molar refractivity (Wildman–Crippen MR) is 62.8 cm³/mol. The molecule has 1 saturated carbocycles. The van der Waals surface area contributed by atoms with E-state index in [1.54, 1.807) is 0 Å². The Hall–Kier alpha value is -1.30. The monoisotopic (exact) mass is 272 g/mol. The summed E-state index contributed by atoms with van der Waals surface area (Å²) in [6.07, 6.45) is -0.995. The van der Waals surface area contributed by atoms with Gasteiger partial charge in [-0.1, -0.05) is 0 Å². The summed E-state index contributed by atoms with van der Waals surface area (Å²) >= 11 is 0. The number of piperidine rings is 1. The molecule has 2 unspecified atom stereocenters. The van der Waals surface area contributed by atoms with Crippen molar-refractivity contribution in [1.29, 1.82) is 0 Å². The maximum absolute atomic E-state index is 12.6. The van der Waals surface area contributed by atoms with Crippen LogP contribution in [0, 0.1) is 11.3 Å². The number of ether oxygens (including phenoxy) is 1. The Balaban J connectivity index is 1.64. The second-order valence-electron chi connectivity index (χ2n) is 5.40. The van der Waals surface area contributed by atoms with Gasteiger partial charge in [0.05, 0.1) is 12.2 Å². The van der Waals surface area contributed by atoms with Crippen molar-refractivity contribution in [2.75, 3.05) is 19.7 Å². The lowest BCUT2D eigenvalue weighted by Gasteiger charge is -2.22. The van der Waals surface area contributed by atoms with E-state index in [0.717, 1.165) is 44.3 Å². The van der Waals surface area contributed by atoms with Crippen LogP contribution in [-0.4, -0.2) is 24.7 Å². The van der Waals surface area contributed by atoms with Crippen LogP contribution in [0.2, 0.25) is 0 Å². The van der Waals surface area contributed by atoms with E-state index in [2.05, 4.69) is 10.3 Å². The zero-order valence-electron chi connectivity index (χ0n) is 10.3. The van der Waals surface area contributed by atoms with E-state index >= 15 is 0 Å². The van der Waals surface area contributed by atoms with Crippen molar-refractivity contribution < 1.29 is 17.9 Å². The van der Waals surface area contributed by atoms with Gasteiger partial charge in [0.15, 0.2) is 0 Å². The quantitative estimate of drug-likeness (QED) is 0.918. The van der Waals surface area contributed by atoms with Crippen LogP contribution < -0.4 is 10.1 Å². The van der Waals surface area contributed by atoms with Crippen LogP contribution in [0.15, 0.2) is 18.3 Å². The predicted octanol–water partition coefficient (Wildman–Crippen LogP) is 2.48. The van der Waals surface area contributed by atoms with Crippen molar-refractivity contribution in [1.82, 2.24) is 10.3 Å². The van der Waals surface area contributed by atoms with Gasteiger partial charge in [-0.2, -0.15) is 13.2 Å². The third-order valence-corrected chi connectivity index (χ3v) is 4.08. The first-order valence-corrected chi connectivity index (χ1v) is 6.36. The summed E-state index contributed by atoms with van der Waals surface area (Å²) < 4.78 is 43.1. The molecule has 1 aliphatic heterocycles. The van der Waals surface area contributed by atoms with Crippen LogP contribution >= 0.6 is 0 Å². The molecule has 2 heterocycles. The van der Waals surface area contributed by atoms with Crippen LogP contribution in [0.25, 0.3) is 0 Å². The molecule has 1 aromatic rings. The summed E-state index contributed by atoms with van der Waals surface area (Å²) in [6, 6.07) is 1.91. The minimum atomic E-state index is -4.35. The van der Waals surface area contributed by atoms with Gasteiger partial charge < -0.3 is 10.1 Å². The van der Waals surface area contributed by atoms with E-state index in [4.69, 9.17) is 4.74 Å². The molecule has 19 heavy (non-hydrogen) atoms. The second-order valence-corrected chi connectivity index (χ2v) is 5.40. The van der Waals surface area contributed by atoms with E-state index in [9.17, 15) is 13.2 Å². The number of hydrogen-bond donors (Lipinski definition) is 1. The van der Waals surface area contributed by atoms with Gasteiger partial charge in [-0.05, 0) is 31.4 Å². The molecule has 1 aliphatic carbocycles. The zero-order chi connectivity index (χ0) is 13.5. The molecule has 1 aromatic heterocycles. The van der Waals surface area contributed by atoms with Crippen LogP contribution in [0.1, 0.15) is 18.4 Å². The molecule has 104 valence electrons. The van der Waals surface area contributed by atoms with Crippen molar-refractivity contribution >= 4 is 0 Å². The van der Waals surface area contributed by atoms with E-state index < -0.39 is 11.7 Å². The van der Waals surface area contributed by atoms with Crippen LogP contribution in [0.4, 0.5) is 13.2 Å². The van der Waals surface area contributed by atoms with Gasteiger partial charge in [0.1, 0.15) is 0 Å². The van der Waals surface area contributed by atoms with E-state index in [-0.39, 0.29) is 11.3 Å². The third-order valence-electron chi connectivity index (χ3n) is 4.08. The Bertz CT molecular complexity index is 477. The Morgan fingerprint density at radius 3 is 3.05 bits per heavy atom. The van der Waals surface area contributed by atoms with E-state index in [0.29, 0.717) is 12.5 Å². The summed E-state index contributed by atoms with van der Waals surface area (Å²) in [6.45, 7) is 2.35. The van der Waals surface area contributed by atoms with E-state index in [1.165, 1.54) is 0 Å². The van der Waals surface area contributed by atoms with Crippen molar-refractivity contribution in [3.8, 4) is 5.88 Å². The smallest absolute Gasteiger partial charge is 0.416 e. The fourth-order valence-corrected chi connectivity index (χ4v) is 2.78. The SMILES string of the molecule is FC(F)(F)c1ccnc(OCC23CNCCC2C3)c1. The highest BCUT2D eigenvalue weighted by molar-refractivity contribution is 5.23. The van der Waals surface area contributed by atoms with Gasteiger partial charge in [0.2, 0.25) is 5.88 Å². The lowest BCUT2D eigenvalue weighted by molar-refractivity contribution is -0.137. The number of nitrogens with one attached hydrogen (secondary N) is 1. The first kappa shape index (κ1) is 12.7. The van der Waals surface area contributed by atoms with Gasteiger partial charge in [-0.3, -0.25) is 0 Å². The molecule has 0 spiro atoms. The largest absolute Gasteiger partial charge is 0.477 e. The lowest BCUT2D eigenvalue weighted by Crippen LogP contribution is -2.35. The Morgan fingerprint density at radius 1 is 1.47 bits per heavy atom. The standard InChI is InChI=1S/C13H15F3N2O/c14-13(15,16)9-2-4-18-11(5-9)19-8-12-6-10(12)1-3-17-7-12/h2,4-5,10,17H,1,3,6-8H2. The van der Waals surface area contributed by atoms with Crippen LogP contribution in [0.3, 0.4) is 0 Å². The first-order valence-electron chi connectivity index (χ1n) is 6.36. The van der Waals surface area contributed by atoms with Crippen molar-refractivity contribution in [2.45, 2.75) is 19.0 Å². The summed E-state index contributed by atoms with van der Waals surface area (Å²) in [5.74, 6) is 0.708. The third kappa shape index (κ3) is 2.54. The van der Waals surface area contributed by atoms with Gasteiger partial charge >= 0.3 is 6.18 Å². The van der Waals surface area contributed by atoms with E-state index in [1.807, 2.05) is 0 Å². The van der Waals surface area contributed by atoms with Gasteiger partial charge in [-0.15, -0.1) is 0 Å². The molecule has 2 fully saturated rings. The average molecular weight is 272 g/mol. The molecular weight excluding hydrogens is 257 g/mol. The Labute approximate surface area is 109 Å². The number of hydrogen-bond acceptors (Lipinski definition) is 3. The van der Waals surface area contributed by atoms with Crippen molar-refractivity contribution in [2.24, 2.45) is 11.3 Å². The molecule has 1 N–H and O–H groups in total. The molecule has 0 radical (unpaired) electrons. The minimum Gasteiger partial charge on any atom is -0.477 e. The fourth-order valence-electron chi connectivity index (χ4n) is 2.78. The minimum absolute atomic E-state index is 0.0559. The molecule has 0 bridgehead atoms. The van der Waals surface area contributed by atoms with Gasteiger partial charge in [-0.25, -0.2) is 4.98 Å². The second kappa shape index (κ2) is 4.37. The lowest BCUT2D eigenvalue weighted by atomic mass is 10.00. The van der Waals surface area contributed by atoms with Crippen molar-refractivity contribution in [3.05, 3.63) is 23.9 Å². The van der Waals surface area contributed by atoms with Crippen LogP contribution in [-0.2, 0) is 6.18 Å². The molecule has 6 heteroatoms. The molecule has 2 aliphatic rings. The first-order chi connectivity index (χ1) is 9.00. The highest BCUT2D eigenvalue weighted by Crippen LogP contribution is 2.55. The number of nitrogens with zero attached hydrogens (tertiary/aromatic N) is 1. The molecular formula is C13H15F3N2O. The van der Waals surface area contributed by atoms with Gasteiger partial charge in [0, 0.05) is 24.2 Å². The summed E-state index contributed by atoms with van der Waals surface area (Å²) in [5, 5.41) is 3.31. The number of halogens is 3. The normalized spacial score (nSPS) is 29.7. The number of aromatic nitrogens is 1. The molecule has 0 amide bonds. The Morgan fingerprint density at radius 2 is 2.32 bits per heavy atom. The molecule has 3 rings (SSSR count). The summed E-state index contributed by atoms with van der Waals surface area (Å²) in [4.78, 5) is 3.84. The molecule has 2 atom stereocenters. The highest BCUT2D eigenvalue weighted by Gasteiger charge is 2.55. The maximum Gasteiger partial charge on any atom is 0.416 e. The number of alkyl halides is 3. The summed E-state index contributed by atoms with van der Waals surface area (Å²) in [5.41, 5.74) is -0.599. The number of rotatable bonds is 3. The fraction of sp³-hybridized carbons (Fsp3) is 0.615. The highest BCUT2D eigenvalue weighted by atomic mass is 19.4.